The van der Waals surface area contributed by atoms with Crippen LogP contribution in [0.15, 0.2) is 24.3 Å². The van der Waals surface area contributed by atoms with Crippen LogP contribution in [-0.4, -0.2) is 53.8 Å². The molecule has 2 heterocycles. The maximum Gasteiger partial charge on any atom is 0.416 e. The predicted octanol–water partition coefficient (Wildman–Crippen LogP) is 2.65. The lowest BCUT2D eigenvalue weighted by Gasteiger charge is -2.23. The summed E-state index contributed by atoms with van der Waals surface area (Å²) in [6.07, 6.45) is -2.13. The van der Waals surface area contributed by atoms with E-state index in [0.717, 1.165) is 38.1 Å². The minimum absolute atomic E-state index is 0.0821. The van der Waals surface area contributed by atoms with Crippen molar-refractivity contribution >= 4 is 11.8 Å². The van der Waals surface area contributed by atoms with Gasteiger partial charge in [0.15, 0.2) is 0 Å². The Labute approximate surface area is 162 Å². The number of hydrogen-bond acceptors (Lipinski definition) is 3. The third-order valence-corrected chi connectivity index (χ3v) is 5.63. The fourth-order valence-corrected chi connectivity index (χ4v) is 4.07. The maximum absolute atomic E-state index is 12.9. The summed E-state index contributed by atoms with van der Waals surface area (Å²) in [7, 11) is 0. The number of amides is 2. The molecule has 0 aromatic heterocycles. The summed E-state index contributed by atoms with van der Waals surface area (Å²) in [5.41, 5.74) is -0.322. The first-order valence-corrected chi connectivity index (χ1v) is 9.73. The molecule has 2 aliphatic heterocycles. The van der Waals surface area contributed by atoms with E-state index in [9.17, 15) is 22.8 Å². The van der Waals surface area contributed by atoms with Gasteiger partial charge in [-0.3, -0.25) is 14.5 Å². The fraction of sp³-hybridized carbons (Fsp3) is 0.600. The molecule has 2 atom stereocenters. The molecule has 3 rings (SSSR count). The SMILES string of the molecule is CCN1CCCC1CNC(=O)C1CC(=O)N(Cc2cccc(C(F)(F)F)c2)C1. The highest BCUT2D eigenvalue weighted by Crippen LogP contribution is 2.30. The molecule has 154 valence electrons. The minimum Gasteiger partial charge on any atom is -0.354 e. The zero-order valence-electron chi connectivity index (χ0n) is 16.0. The van der Waals surface area contributed by atoms with Gasteiger partial charge in [-0.05, 0) is 43.6 Å². The van der Waals surface area contributed by atoms with E-state index in [2.05, 4.69) is 17.1 Å². The van der Waals surface area contributed by atoms with Crippen molar-refractivity contribution in [2.75, 3.05) is 26.2 Å². The van der Waals surface area contributed by atoms with Crippen LogP contribution in [0, 0.1) is 5.92 Å². The first kappa shape index (κ1) is 20.6. The van der Waals surface area contributed by atoms with Gasteiger partial charge in [-0.1, -0.05) is 19.1 Å². The van der Waals surface area contributed by atoms with Crippen molar-refractivity contribution in [3.8, 4) is 0 Å². The van der Waals surface area contributed by atoms with Crippen LogP contribution in [0.5, 0.6) is 0 Å². The smallest absolute Gasteiger partial charge is 0.354 e. The number of likely N-dealkylation sites (N-methyl/N-ethyl adjacent to an activating group) is 1. The number of carbonyl (C=O) groups is 2. The van der Waals surface area contributed by atoms with Gasteiger partial charge in [0.25, 0.3) is 0 Å². The molecular formula is C20H26F3N3O2. The Bertz CT molecular complexity index is 723. The summed E-state index contributed by atoms with van der Waals surface area (Å²) < 4.78 is 38.6. The Morgan fingerprint density at radius 2 is 2.11 bits per heavy atom. The zero-order valence-corrected chi connectivity index (χ0v) is 16.0. The van der Waals surface area contributed by atoms with E-state index in [1.54, 1.807) is 6.07 Å². The van der Waals surface area contributed by atoms with Crippen molar-refractivity contribution in [2.45, 2.75) is 44.9 Å². The van der Waals surface area contributed by atoms with Gasteiger partial charge in [0.05, 0.1) is 11.5 Å². The summed E-state index contributed by atoms with van der Waals surface area (Å²) in [6, 6.07) is 5.31. The highest BCUT2D eigenvalue weighted by Gasteiger charge is 2.35. The second-order valence-electron chi connectivity index (χ2n) is 7.54. The van der Waals surface area contributed by atoms with Crippen molar-refractivity contribution in [3.05, 3.63) is 35.4 Å². The Morgan fingerprint density at radius 1 is 1.32 bits per heavy atom. The number of rotatable bonds is 6. The Morgan fingerprint density at radius 3 is 2.82 bits per heavy atom. The fourth-order valence-electron chi connectivity index (χ4n) is 4.07. The summed E-state index contributed by atoms with van der Waals surface area (Å²) in [4.78, 5) is 28.5. The average Bonchev–Trinajstić information content (AvgIpc) is 3.26. The molecule has 1 aromatic rings. The van der Waals surface area contributed by atoms with Crippen molar-refractivity contribution in [3.63, 3.8) is 0 Å². The van der Waals surface area contributed by atoms with Crippen molar-refractivity contribution < 1.29 is 22.8 Å². The number of alkyl halides is 3. The molecule has 0 bridgehead atoms. The highest BCUT2D eigenvalue weighted by atomic mass is 19.4. The van der Waals surface area contributed by atoms with Crippen molar-refractivity contribution in [1.29, 1.82) is 0 Å². The standard InChI is InChI=1S/C20H26F3N3O2/c1-2-25-8-4-7-17(25)11-24-19(28)15-10-18(27)26(13-15)12-14-5-3-6-16(9-14)20(21,22)23/h3,5-6,9,15,17H,2,4,7-8,10-13H2,1H3,(H,24,28). The normalized spacial score (nSPS) is 23.4. The summed E-state index contributed by atoms with van der Waals surface area (Å²) >= 11 is 0. The van der Waals surface area contributed by atoms with Gasteiger partial charge in [0, 0.05) is 32.1 Å². The summed E-state index contributed by atoms with van der Waals surface area (Å²) in [6.45, 7) is 4.99. The van der Waals surface area contributed by atoms with Crippen molar-refractivity contribution in [1.82, 2.24) is 15.1 Å². The third kappa shape index (κ3) is 4.84. The van der Waals surface area contributed by atoms with Crippen LogP contribution in [0.4, 0.5) is 13.2 Å². The number of halogens is 3. The molecule has 2 saturated heterocycles. The van der Waals surface area contributed by atoms with E-state index < -0.39 is 17.7 Å². The average molecular weight is 397 g/mol. The molecule has 0 radical (unpaired) electrons. The van der Waals surface area contributed by atoms with Gasteiger partial charge < -0.3 is 10.2 Å². The number of nitrogens with zero attached hydrogens (tertiary/aromatic N) is 2. The predicted molar refractivity (Wildman–Crippen MR) is 98.2 cm³/mol. The van der Waals surface area contributed by atoms with Crippen LogP contribution in [0.2, 0.25) is 0 Å². The number of likely N-dealkylation sites (tertiary alicyclic amines) is 2. The van der Waals surface area contributed by atoms with Gasteiger partial charge in [-0.25, -0.2) is 0 Å². The topological polar surface area (TPSA) is 52.7 Å². The van der Waals surface area contributed by atoms with Gasteiger partial charge in [0.2, 0.25) is 11.8 Å². The van der Waals surface area contributed by atoms with Gasteiger partial charge in [-0.2, -0.15) is 13.2 Å². The van der Waals surface area contributed by atoms with Crippen LogP contribution in [0.3, 0.4) is 0 Å². The molecule has 8 heteroatoms. The van der Waals surface area contributed by atoms with E-state index in [-0.39, 0.29) is 31.3 Å². The van der Waals surface area contributed by atoms with Crippen molar-refractivity contribution in [2.24, 2.45) is 5.92 Å². The largest absolute Gasteiger partial charge is 0.416 e. The molecule has 2 unspecified atom stereocenters. The monoisotopic (exact) mass is 397 g/mol. The van der Waals surface area contributed by atoms with E-state index in [1.807, 2.05) is 0 Å². The molecule has 2 fully saturated rings. The lowest BCUT2D eigenvalue weighted by atomic mass is 10.1. The zero-order chi connectivity index (χ0) is 20.3. The molecular weight excluding hydrogens is 371 g/mol. The first-order chi connectivity index (χ1) is 13.3. The Balaban J connectivity index is 1.54. The quantitative estimate of drug-likeness (QED) is 0.803. The van der Waals surface area contributed by atoms with Gasteiger partial charge in [0.1, 0.15) is 0 Å². The van der Waals surface area contributed by atoms with Gasteiger partial charge in [-0.15, -0.1) is 0 Å². The number of benzene rings is 1. The van der Waals surface area contributed by atoms with Crippen LogP contribution >= 0.6 is 0 Å². The molecule has 1 aromatic carbocycles. The number of carbonyl (C=O) groups excluding carboxylic acids is 2. The summed E-state index contributed by atoms with van der Waals surface area (Å²) in [5, 5.41) is 2.96. The van der Waals surface area contributed by atoms with Crippen LogP contribution in [0.25, 0.3) is 0 Å². The molecule has 28 heavy (non-hydrogen) atoms. The lowest BCUT2D eigenvalue weighted by Crippen LogP contribution is -2.42. The Kier molecular flexibility index (Phi) is 6.27. The molecule has 0 aliphatic carbocycles. The van der Waals surface area contributed by atoms with Crippen LogP contribution in [-0.2, 0) is 22.3 Å². The third-order valence-electron chi connectivity index (χ3n) is 5.63. The number of hydrogen-bond donors (Lipinski definition) is 1. The number of nitrogens with one attached hydrogen (secondary N) is 1. The second kappa shape index (κ2) is 8.51. The lowest BCUT2D eigenvalue weighted by molar-refractivity contribution is -0.137. The van der Waals surface area contributed by atoms with Crippen LogP contribution < -0.4 is 5.32 Å². The molecule has 5 nitrogen and oxygen atoms in total. The van der Waals surface area contributed by atoms with Gasteiger partial charge >= 0.3 is 6.18 Å². The Hall–Kier alpha value is -2.09. The highest BCUT2D eigenvalue weighted by molar-refractivity contribution is 5.89. The van der Waals surface area contributed by atoms with E-state index >= 15 is 0 Å². The van der Waals surface area contributed by atoms with Crippen LogP contribution in [0.1, 0.15) is 37.3 Å². The molecule has 0 spiro atoms. The second-order valence-corrected chi connectivity index (χ2v) is 7.54. The molecule has 2 amide bonds. The molecule has 1 N–H and O–H groups in total. The molecule has 0 saturated carbocycles. The maximum atomic E-state index is 12.9. The van der Waals surface area contributed by atoms with E-state index in [1.165, 1.54) is 11.0 Å². The van der Waals surface area contributed by atoms with E-state index in [4.69, 9.17) is 0 Å². The van der Waals surface area contributed by atoms with E-state index in [0.29, 0.717) is 18.2 Å². The minimum atomic E-state index is -4.42. The molecule has 2 aliphatic rings. The first-order valence-electron chi connectivity index (χ1n) is 9.73. The summed E-state index contributed by atoms with van der Waals surface area (Å²) in [5.74, 6) is -0.800.